The number of piperazine rings is 1. The van der Waals surface area contributed by atoms with Gasteiger partial charge in [-0.25, -0.2) is 9.18 Å². The lowest BCUT2D eigenvalue weighted by atomic mass is 10.2. The number of benzene rings is 2. The van der Waals surface area contributed by atoms with Gasteiger partial charge in [0.2, 0.25) is 0 Å². The van der Waals surface area contributed by atoms with Crippen LogP contribution in [-0.2, 0) is 0 Å². The van der Waals surface area contributed by atoms with E-state index >= 15 is 0 Å². The molecule has 0 saturated carbocycles. The number of anilines is 2. The molecule has 1 aliphatic rings. The number of carbonyl (C=O) groups excluding carboxylic acids is 1. The minimum Gasteiger partial charge on any atom is -0.366 e. The standard InChI is InChI=1S/C17H17BrFN3O/c18-13-4-3-5-14(12-13)20-17(23)22-10-8-21(9-11-22)16-7-2-1-6-15(16)19/h1-7,12H,8-11H2,(H,20,23). The Morgan fingerprint density at radius 3 is 2.48 bits per heavy atom. The monoisotopic (exact) mass is 377 g/mol. The van der Waals surface area contributed by atoms with E-state index in [0.717, 1.165) is 10.2 Å². The Morgan fingerprint density at radius 2 is 1.78 bits per heavy atom. The van der Waals surface area contributed by atoms with Gasteiger partial charge in [-0.2, -0.15) is 0 Å². The zero-order chi connectivity index (χ0) is 16.2. The first-order chi connectivity index (χ1) is 11.1. The highest BCUT2D eigenvalue weighted by Gasteiger charge is 2.22. The zero-order valence-corrected chi connectivity index (χ0v) is 14.1. The summed E-state index contributed by atoms with van der Waals surface area (Å²) in [6.45, 7) is 2.36. The molecule has 0 radical (unpaired) electrons. The van der Waals surface area contributed by atoms with Crippen molar-refractivity contribution in [2.24, 2.45) is 0 Å². The Balaban J connectivity index is 1.58. The topological polar surface area (TPSA) is 35.6 Å². The minimum absolute atomic E-state index is 0.128. The van der Waals surface area contributed by atoms with Crippen LogP contribution in [0.1, 0.15) is 0 Å². The molecule has 1 N–H and O–H groups in total. The van der Waals surface area contributed by atoms with Crippen molar-refractivity contribution < 1.29 is 9.18 Å². The summed E-state index contributed by atoms with van der Waals surface area (Å²) < 4.78 is 14.7. The molecule has 1 heterocycles. The number of rotatable bonds is 2. The van der Waals surface area contributed by atoms with Crippen molar-refractivity contribution in [2.45, 2.75) is 0 Å². The molecule has 4 nitrogen and oxygen atoms in total. The van der Waals surface area contributed by atoms with Gasteiger partial charge in [-0.15, -0.1) is 0 Å². The molecule has 23 heavy (non-hydrogen) atoms. The fourth-order valence-electron chi connectivity index (χ4n) is 2.63. The van der Waals surface area contributed by atoms with Crippen molar-refractivity contribution in [3.8, 4) is 0 Å². The van der Waals surface area contributed by atoms with E-state index in [2.05, 4.69) is 21.2 Å². The Bertz CT molecular complexity index is 702. The van der Waals surface area contributed by atoms with Gasteiger partial charge in [0.25, 0.3) is 0 Å². The average Bonchev–Trinajstić information content (AvgIpc) is 2.55. The number of amides is 2. The van der Waals surface area contributed by atoms with Crippen molar-refractivity contribution in [1.82, 2.24) is 4.90 Å². The van der Waals surface area contributed by atoms with Crippen LogP contribution in [-0.4, -0.2) is 37.1 Å². The van der Waals surface area contributed by atoms with Gasteiger partial charge in [-0.1, -0.05) is 34.1 Å². The van der Waals surface area contributed by atoms with Crippen molar-refractivity contribution in [3.05, 3.63) is 58.8 Å². The van der Waals surface area contributed by atoms with Crippen molar-refractivity contribution in [2.75, 3.05) is 36.4 Å². The molecule has 3 rings (SSSR count). The molecule has 0 spiro atoms. The summed E-state index contributed by atoms with van der Waals surface area (Å²) in [6.07, 6.45) is 0. The van der Waals surface area contributed by atoms with Crippen molar-refractivity contribution in [3.63, 3.8) is 0 Å². The molecule has 0 unspecified atom stereocenters. The van der Waals surface area contributed by atoms with Gasteiger partial charge in [-0.05, 0) is 30.3 Å². The molecule has 2 amide bonds. The van der Waals surface area contributed by atoms with E-state index in [4.69, 9.17) is 0 Å². The summed E-state index contributed by atoms with van der Waals surface area (Å²) in [5, 5.41) is 2.88. The second-order valence-corrected chi connectivity index (χ2v) is 6.28. The third-order valence-corrected chi connectivity index (χ3v) is 4.33. The molecular weight excluding hydrogens is 361 g/mol. The van der Waals surface area contributed by atoms with Crippen LogP contribution in [0.2, 0.25) is 0 Å². The number of para-hydroxylation sites is 1. The predicted molar refractivity (Wildman–Crippen MR) is 93.3 cm³/mol. The van der Waals surface area contributed by atoms with E-state index in [0.29, 0.717) is 31.9 Å². The number of halogens is 2. The van der Waals surface area contributed by atoms with E-state index in [9.17, 15) is 9.18 Å². The van der Waals surface area contributed by atoms with Crippen LogP contribution in [0, 0.1) is 5.82 Å². The summed E-state index contributed by atoms with van der Waals surface area (Å²) in [5.41, 5.74) is 1.35. The average molecular weight is 378 g/mol. The quantitative estimate of drug-likeness (QED) is 0.859. The Hall–Kier alpha value is -2.08. The molecule has 0 atom stereocenters. The van der Waals surface area contributed by atoms with Crippen LogP contribution in [0.3, 0.4) is 0 Å². The van der Waals surface area contributed by atoms with Crippen LogP contribution in [0.4, 0.5) is 20.6 Å². The lowest BCUT2D eigenvalue weighted by molar-refractivity contribution is 0.208. The van der Waals surface area contributed by atoms with E-state index in [1.54, 1.807) is 17.0 Å². The van der Waals surface area contributed by atoms with Crippen LogP contribution in [0.5, 0.6) is 0 Å². The normalized spacial score (nSPS) is 14.7. The SMILES string of the molecule is O=C(Nc1cccc(Br)c1)N1CCN(c2ccccc2F)CC1. The van der Waals surface area contributed by atoms with E-state index < -0.39 is 0 Å². The molecule has 6 heteroatoms. The molecule has 0 bridgehead atoms. The summed E-state index contributed by atoms with van der Waals surface area (Å²) in [5.74, 6) is -0.223. The molecule has 1 saturated heterocycles. The van der Waals surface area contributed by atoms with Crippen LogP contribution in [0.15, 0.2) is 53.0 Å². The fraction of sp³-hybridized carbons (Fsp3) is 0.235. The van der Waals surface area contributed by atoms with Crippen molar-refractivity contribution in [1.29, 1.82) is 0 Å². The first kappa shape index (κ1) is 15.8. The molecule has 1 fully saturated rings. The maximum absolute atomic E-state index is 13.8. The fourth-order valence-corrected chi connectivity index (χ4v) is 3.03. The van der Waals surface area contributed by atoms with Crippen LogP contribution < -0.4 is 10.2 Å². The van der Waals surface area contributed by atoms with Crippen LogP contribution in [0.25, 0.3) is 0 Å². The smallest absolute Gasteiger partial charge is 0.321 e. The third kappa shape index (κ3) is 3.82. The maximum Gasteiger partial charge on any atom is 0.321 e. The van der Waals surface area contributed by atoms with Gasteiger partial charge in [-0.3, -0.25) is 0 Å². The number of nitrogens with zero attached hydrogens (tertiary/aromatic N) is 2. The lowest BCUT2D eigenvalue weighted by Crippen LogP contribution is -2.50. The minimum atomic E-state index is -0.223. The van der Waals surface area contributed by atoms with Gasteiger partial charge in [0.15, 0.2) is 0 Å². The third-order valence-electron chi connectivity index (χ3n) is 3.84. The molecule has 120 valence electrons. The summed E-state index contributed by atoms with van der Waals surface area (Å²) in [6, 6.07) is 14.1. The first-order valence-corrected chi connectivity index (χ1v) is 8.24. The van der Waals surface area contributed by atoms with Gasteiger partial charge >= 0.3 is 6.03 Å². The molecule has 2 aromatic carbocycles. The Kier molecular flexibility index (Phi) is 4.81. The molecule has 0 aromatic heterocycles. The molecule has 2 aromatic rings. The first-order valence-electron chi connectivity index (χ1n) is 7.44. The second-order valence-electron chi connectivity index (χ2n) is 5.37. The predicted octanol–water partition coefficient (Wildman–Crippen LogP) is 3.94. The van der Waals surface area contributed by atoms with Crippen LogP contribution >= 0.6 is 15.9 Å². The highest BCUT2D eigenvalue weighted by Crippen LogP contribution is 2.21. The molecular formula is C17H17BrFN3O. The number of hydrogen-bond acceptors (Lipinski definition) is 2. The van der Waals surface area contributed by atoms with Gasteiger partial charge in [0.1, 0.15) is 5.82 Å². The summed E-state index contributed by atoms with van der Waals surface area (Å²) in [7, 11) is 0. The van der Waals surface area contributed by atoms with Gasteiger partial charge in [0, 0.05) is 36.3 Å². The number of nitrogens with one attached hydrogen (secondary N) is 1. The summed E-state index contributed by atoms with van der Waals surface area (Å²) in [4.78, 5) is 16.0. The van der Waals surface area contributed by atoms with Gasteiger partial charge in [0.05, 0.1) is 5.69 Å². The number of urea groups is 1. The highest BCUT2D eigenvalue weighted by atomic mass is 79.9. The largest absolute Gasteiger partial charge is 0.366 e. The second kappa shape index (κ2) is 7.00. The number of carbonyl (C=O) groups is 1. The van der Waals surface area contributed by atoms with Crippen molar-refractivity contribution >= 4 is 33.3 Å². The van der Waals surface area contributed by atoms with E-state index in [1.807, 2.05) is 35.2 Å². The zero-order valence-electron chi connectivity index (χ0n) is 12.5. The van der Waals surface area contributed by atoms with E-state index in [1.165, 1.54) is 6.07 Å². The van der Waals surface area contributed by atoms with Gasteiger partial charge < -0.3 is 15.1 Å². The highest BCUT2D eigenvalue weighted by molar-refractivity contribution is 9.10. The number of hydrogen-bond donors (Lipinski definition) is 1. The lowest BCUT2D eigenvalue weighted by Gasteiger charge is -2.36. The maximum atomic E-state index is 13.8. The Morgan fingerprint density at radius 1 is 1.04 bits per heavy atom. The molecule has 0 aliphatic carbocycles. The summed E-state index contributed by atoms with van der Waals surface area (Å²) >= 11 is 3.38. The van der Waals surface area contributed by atoms with E-state index in [-0.39, 0.29) is 11.8 Å². The Labute approximate surface area is 143 Å². The molecule has 1 aliphatic heterocycles.